The molecule has 9 heteroatoms. The first-order valence-electron chi connectivity index (χ1n) is 10.9. The molecule has 2 aromatic heterocycles. The summed E-state index contributed by atoms with van der Waals surface area (Å²) in [7, 11) is 1.63. The molecule has 0 aliphatic carbocycles. The van der Waals surface area contributed by atoms with Crippen molar-refractivity contribution in [3.8, 4) is 0 Å². The van der Waals surface area contributed by atoms with E-state index >= 15 is 0 Å². The second-order valence-electron chi connectivity index (χ2n) is 7.76. The molecule has 0 unspecified atom stereocenters. The summed E-state index contributed by atoms with van der Waals surface area (Å²) in [4.78, 5) is 35.6. The molecule has 1 saturated heterocycles. The number of aromatic nitrogens is 2. The summed E-state index contributed by atoms with van der Waals surface area (Å²) in [5, 5.41) is 0. The number of hydrogen-bond donors (Lipinski definition) is 0. The van der Waals surface area contributed by atoms with Crippen LogP contribution in [0.2, 0.25) is 0 Å². The van der Waals surface area contributed by atoms with E-state index in [2.05, 4.69) is 18.7 Å². The molecule has 1 aliphatic rings. The molecule has 0 aromatic carbocycles. The van der Waals surface area contributed by atoms with E-state index in [1.165, 1.54) is 11.8 Å². The van der Waals surface area contributed by atoms with Crippen molar-refractivity contribution in [2.24, 2.45) is 0 Å². The first-order valence-corrected chi connectivity index (χ1v) is 12.2. The second kappa shape index (κ2) is 11.1. The zero-order valence-electron chi connectivity index (χ0n) is 19.1. The number of ether oxygens (including phenoxy) is 1. The summed E-state index contributed by atoms with van der Waals surface area (Å²) in [6, 6.07) is 3.80. The van der Waals surface area contributed by atoms with Gasteiger partial charge < -0.3 is 9.64 Å². The van der Waals surface area contributed by atoms with Crippen molar-refractivity contribution >= 4 is 51.7 Å². The van der Waals surface area contributed by atoms with E-state index < -0.39 is 0 Å². The molecule has 3 rings (SSSR count). The van der Waals surface area contributed by atoms with Crippen LogP contribution in [0.3, 0.4) is 0 Å². The molecule has 172 valence electrons. The highest BCUT2D eigenvalue weighted by Crippen LogP contribution is 2.33. The molecule has 1 aliphatic heterocycles. The highest BCUT2D eigenvalue weighted by Gasteiger charge is 2.32. The van der Waals surface area contributed by atoms with E-state index in [0.717, 1.165) is 31.5 Å². The smallest absolute Gasteiger partial charge is 0.267 e. The lowest BCUT2D eigenvalue weighted by atomic mass is 10.2. The number of thiocarbonyl (C=S) groups is 1. The normalized spacial score (nSPS) is 15.4. The van der Waals surface area contributed by atoms with Gasteiger partial charge >= 0.3 is 0 Å². The van der Waals surface area contributed by atoms with E-state index in [4.69, 9.17) is 21.9 Å². The number of pyridine rings is 1. The molecule has 7 nitrogen and oxygen atoms in total. The maximum Gasteiger partial charge on any atom is 0.267 e. The predicted octanol–water partition coefficient (Wildman–Crippen LogP) is 3.87. The number of carbonyl (C=O) groups excluding carboxylic acids is 1. The van der Waals surface area contributed by atoms with E-state index in [9.17, 15) is 9.59 Å². The largest absolute Gasteiger partial charge is 0.385 e. The number of anilines is 1. The second-order valence-corrected chi connectivity index (χ2v) is 9.43. The van der Waals surface area contributed by atoms with Crippen molar-refractivity contribution < 1.29 is 9.53 Å². The van der Waals surface area contributed by atoms with E-state index in [0.29, 0.717) is 45.8 Å². The van der Waals surface area contributed by atoms with Gasteiger partial charge in [0.25, 0.3) is 11.5 Å². The van der Waals surface area contributed by atoms with E-state index in [1.807, 2.05) is 19.1 Å². The van der Waals surface area contributed by atoms with Crippen LogP contribution in [-0.4, -0.2) is 57.9 Å². The number of hydrogen-bond acceptors (Lipinski definition) is 7. The van der Waals surface area contributed by atoms with Crippen LogP contribution < -0.4 is 10.5 Å². The zero-order valence-corrected chi connectivity index (χ0v) is 20.7. The van der Waals surface area contributed by atoms with Crippen LogP contribution in [0.25, 0.3) is 11.7 Å². The molecule has 3 heterocycles. The fourth-order valence-corrected chi connectivity index (χ4v) is 4.96. The number of aryl methyl sites for hydroxylation is 1. The lowest BCUT2D eigenvalue weighted by Gasteiger charge is -2.24. The SMILES string of the molecule is CCCN(CCC)c1nc2ccc(C)cn2c(=O)c1C=C1SC(=S)N(CCCOC)C1=O. The summed E-state index contributed by atoms with van der Waals surface area (Å²) in [5.41, 5.74) is 1.79. The Morgan fingerprint density at radius 1 is 1.22 bits per heavy atom. The maximum atomic E-state index is 13.6. The van der Waals surface area contributed by atoms with Crippen LogP contribution in [-0.2, 0) is 9.53 Å². The average molecular weight is 475 g/mol. The molecular weight excluding hydrogens is 444 g/mol. The van der Waals surface area contributed by atoms with Gasteiger partial charge in [-0.05, 0) is 43.9 Å². The fraction of sp³-hybridized carbons (Fsp3) is 0.478. The predicted molar refractivity (Wildman–Crippen MR) is 135 cm³/mol. The van der Waals surface area contributed by atoms with Gasteiger partial charge in [0.2, 0.25) is 0 Å². The number of rotatable bonds is 10. The molecule has 0 saturated carbocycles. The molecule has 0 N–H and O–H groups in total. The molecule has 1 fully saturated rings. The molecular formula is C23H30N4O3S2. The minimum Gasteiger partial charge on any atom is -0.385 e. The Hall–Kier alpha value is -2.23. The van der Waals surface area contributed by atoms with E-state index in [-0.39, 0.29) is 11.5 Å². The number of carbonyl (C=O) groups is 1. The lowest BCUT2D eigenvalue weighted by molar-refractivity contribution is -0.122. The van der Waals surface area contributed by atoms with Crippen LogP contribution in [0.15, 0.2) is 28.0 Å². The molecule has 2 aromatic rings. The highest BCUT2D eigenvalue weighted by atomic mass is 32.2. The molecule has 0 atom stereocenters. The van der Waals surface area contributed by atoms with Gasteiger partial charge in [0.1, 0.15) is 15.8 Å². The van der Waals surface area contributed by atoms with Crippen molar-refractivity contribution in [1.82, 2.24) is 14.3 Å². The molecule has 0 spiro atoms. The summed E-state index contributed by atoms with van der Waals surface area (Å²) in [6.07, 6.45) is 6.01. The fourth-order valence-electron chi connectivity index (χ4n) is 3.67. The Kier molecular flexibility index (Phi) is 8.44. The van der Waals surface area contributed by atoms with Gasteiger partial charge in [-0.25, -0.2) is 4.98 Å². The minimum absolute atomic E-state index is 0.173. The van der Waals surface area contributed by atoms with Gasteiger partial charge in [0.15, 0.2) is 0 Å². The number of fused-ring (bicyclic) bond motifs is 1. The van der Waals surface area contributed by atoms with Crippen LogP contribution in [0.5, 0.6) is 0 Å². The monoisotopic (exact) mass is 474 g/mol. The van der Waals surface area contributed by atoms with Crippen molar-refractivity contribution in [3.63, 3.8) is 0 Å². The molecule has 1 amide bonds. The summed E-state index contributed by atoms with van der Waals surface area (Å²) in [6.45, 7) is 8.75. The van der Waals surface area contributed by atoms with Crippen molar-refractivity contribution in [3.05, 3.63) is 44.7 Å². The van der Waals surface area contributed by atoms with Gasteiger partial charge in [0, 0.05) is 39.5 Å². The number of nitrogens with zero attached hydrogens (tertiary/aromatic N) is 4. The Labute approximate surface area is 198 Å². The van der Waals surface area contributed by atoms with Gasteiger partial charge in [-0.3, -0.25) is 18.9 Å². The summed E-state index contributed by atoms with van der Waals surface area (Å²) >= 11 is 6.66. The van der Waals surface area contributed by atoms with Crippen molar-refractivity contribution in [1.29, 1.82) is 0 Å². The third kappa shape index (κ3) is 5.22. The van der Waals surface area contributed by atoms with Crippen LogP contribution >= 0.6 is 24.0 Å². The number of thioether (sulfide) groups is 1. The minimum atomic E-state index is -0.185. The van der Waals surface area contributed by atoms with Crippen LogP contribution in [0, 0.1) is 6.92 Å². The standard InChI is InChI=1S/C23H30N4O3S2/c1-5-10-25(11-6-2)20-17(21(28)27-15-16(3)8-9-19(27)24-20)14-18-22(29)26(23(31)32-18)12-7-13-30-4/h8-9,14-15H,5-7,10-13H2,1-4H3. The van der Waals surface area contributed by atoms with Crippen LogP contribution in [0.1, 0.15) is 44.2 Å². The number of amides is 1. The van der Waals surface area contributed by atoms with Crippen molar-refractivity contribution in [2.75, 3.05) is 38.3 Å². The van der Waals surface area contributed by atoms with E-state index in [1.54, 1.807) is 28.7 Å². The molecule has 0 radical (unpaired) electrons. The quantitative estimate of drug-likeness (QED) is 0.294. The first-order chi connectivity index (χ1) is 15.4. The van der Waals surface area contributed by atoms with Gasteiger partial charge in [0.05, 0.1) is 10.5 Å². The van der Waals surface area contributed by atoms with Crippen molar-refractivity contribution in [2.45, 2.75) is 40.0 Å². The Balaban J connectivity index is 2.12. The number of methoxy groups -OCH3 is 1. The van der Waals surface area contributed by atoms with Gasteiger partial charge in [-0.1, -0.05) is 43.9 Å². The van der Waals surface area contributed by atoms with Crippen LogP contribution in [0.4, 0.5) is 5.82 Å². The summed E-state index contributed by atoms with van der Waals surface area (Å²) in [5.74, 6) is 0.445. The highest BCUT2D eigenvalue weighted by molar-refractivity contribution is 8.26. The third-order valence-corrected chi connectivity index (χ3v) is 6.53. The molecule has 32 heavy (non-hydrogen) atoms. The molecule has 0 bridgehead atoms. The maximum absolute atomic E-state index is 13.6. The third-order valence-electron chi connectivity index (χ3n) is 5.15. The first kappa shape index (κ1) is 24.4. The Bertz CT molecular complexity index is 1090. The zero-order chi connectivity index (χ0) is 23.3. The summed E-state index contributed by atoms with van der Waals surface area (Å²) < 4.78 is 7.15. The van der Waals surface area contributed by atoms with Gasteiger partial charge in [-0.15, -0.1) is 0 Å². The lowest BCUT2D eigenvalue weighted by Crippen LogP contribution is -2.31. The Morgan fingerprint density at radius 3 is 2.59 bits per heavy atom. The Morgan fingerprint density at radius 2 is 1.94 bits per heavy atom. The average Bonchev–Trinajstić information content (AvgIpc) is 3.03. The van der Waals surface area contributed by atoms with Gasteiger partial charge in [-0.2, -0.15) is 0 Å². The topological polar surface area (TPSA) is 67.2 Å².